The molecule has 0 unspecified atom stereocenters. The summed E-state index contributed by atoms with van der Waals surface area (Å²) in [5.74, 6) is -0.573. The van der Waals surface area contributed by atoms with Crippen LogP contribution in [0.4, 0.5) is 4.39 Å². The van der Waals surface area contributed by atoms with E-state index < -0.39 is 15.8 Å². The quantitative estimate of drug-likeness (QED) is 0.722. The van der Waals surface area contributed by atoms with E-state index in [1.807, 2.05) is 0 Å². The Morgan fingerprint density at radius 1 is 1.27 bits per heavy atom. The number of halogens is 1. The molecule has 0 aliphatic heterocycles. The first kappa shape index (κ1) is 15.0. The third-order valence-corrected chi connectivity index (χ3v) is 5.19. The molecule has 0 fully saturated rings. The number of rotatable bonds is 6. The molecule has 3 rings (SSSR count). The van der Waals surface area contributed by atoms with Crippen molar-refractivity contribution in [2.75, 3.05) is 6.54 Å². The van der Waals surface area contributed by atoms with Crippen LogP contribution < -0.4 is 4.72 Å². The summed E-state index contributed by atoms with van der Waals surface area (Å²) >= 11 is 1.36. The lowest BCUT2D eigenvalue weighted by atomic mass is 10.2. The van der Waals surface area contributed by atoms with Crippen molar-refractivity contribution in [1.82, 2.24) is 24.5 Å². The van der Waals surface area contributed by atoms with Crippen molar-refractivity contribution < 1.29 is 12.8 Å². The van der Waals surface area contributed by atoms with Crippen molar-refractivity contribution in [3.05, 3.63) is 47.0 Å². The zero-order chi connectivity index (χ0) is 15.6. The van der Waals surface area contributed by atoms with Crippen LogP contribution >= 0.6 is 11.3 Å². The normalized spacial score (nSPS) is 12.0. The summed E-state index contributed by atoms with van der Waals surface area (Å²) in [6.45, 7) is 0.244. The van der Waals surface area contributed by atoms with Gasteiger partial charge < -0.3 is 0 Å². The highest BCUT2D eigenvalue weighted by atomic mass is 32.2. The van der Waals surface area contributed by atoms with E-state index in [4.69, 9.17) is 0 Å². The molecule has 0 aliphatic carbocycles. The number of hydrogen-bond acceptors (Lipinski definition) is 6. The van der Waals surface area contributed by atoms with E-state index >= 15 is 0 Å². The topological polar surface area (TPSA) is 89.2 Å². The molecule has 0 amide bonds. The highest BCUT2D eigenvalue weighted by Gasteiger charge is 2.12. The highest BCUT2D eigenvalue weighted by molar-refractivity contribution is 7.88. The van der Waals surface area contributed by atoms with Crippen LogP contribution in [0.1, 0.15) is 10.6 Å². The highest BCUT2D eigenvalue weighted by Crippen LogP contribution is 2.12. The SMILES string of the molecule is O=S(=O)(Cc1ccc(F)cc1)NCCc1nn2cnnc2s1. The van der Waals surface area contributed by atoms with E-state index in [1.165, 1.54) is 41.9 Å². The van der Waals surface area contributed by atoms with Crippen LogP contribution in [-0.2, 0) is 22.2 Å². The van der Waals surface area contributed by atoms with Crippen LogP contribution in [0.2, 0.25) is 0 Å². The molecule has 0 radical (unpaired) electrons. The maximum absolute atomic E-state index is 12.8. The van der Waals surface area contributed by atoms with Crippen LogP contribution in [0.3, 0.4) is 0 Å². The van der Waals surface area contributed by atoms with Crippen LogP contribution in [0.15, 0.2) is 30.6 Å². The molecule has 0 saturated carbocycles. The van der Waals surface area contributed by atoms with E-state index in [-0.39, 0.29) is 12.3 Å². The molecule has 0 spiro atoms. The number of nitrogens with one attached hydrogen (secondary N) is 1. The summed E-state index contributed by atoms with van der Waals surface area (Å²) in [6.07, 6.45) is 1.96. The summed E-state index contributed by atoms with van der Waals surface area (Å²) in [6, 6.07) is 5.39. The van der Waals surface area contributed by atoms with Gasteiger partial charge in [-0.2, -0.15) is 9.61 Å². The maximum Gasteiger partial charge on any atom is 0.234 e. The molecule has 3 aromatic rings. The lowest BCUT2D eigenvalue weighted by Crippen LogP contribution is -2.27. The Kier molecular flexibility index (Phi) is 4.14. The number of aromatic nitrogens is 4. The van der Waals surface area contributed by atoms with E-state index in [0.29, 0.717) is 16.9 Å². The van der Waals surface area contributed by atoms with Gasteiger partial charge in [-0.1, -0.05) is 23.5 Å². The Bertz CT molecular complexity index is 844. The van der Waals surface area contributed by atoms with Crippen molar-refractivity contribution in [3.63, 3.8) is 0 Å². The predicted octanol–water partition coefficient (Wildman–Crippen LogP) is 0.987. The summed E-state index contributed by atoms with van der Waals surface area (Å²) in [4.78, 5) is 0.671. The van der Waals surface area contributed by atoms with Crippen LogP contribution in [0.5, 0.6) is 0 Å². The van der Waals surface area contributed by atoms with Crippen molar-refractivity contribution in [1.29, 1.82) is 0 Å². The molecular weight excluding hydrogens is 329 g/mol. The lowest BCUT2D eigenvalue weighted by Gasteiger charge is -2.05. The number of nitrogens with zero attached hydrogens (tertiary/aromatic N) is 4. The minimum atomic E-state index is -3.46. The first-order valence-corrected chi connectivity index (χ1v) is 8.86. The molecule has 0 atom stereocenters. The Balaban J connectivity index is 1.55. The molecule has 2 heterocycles. The monoisotopic (exact) mass is 341 g/mol. The third-order valence-electron chi connectivity index (χ3n) is 2.86. The van der Waals surface area contributed by atoms with E-state index in [0.717, 1.165) is 5.01 Å². The van der Waals surface area contributed by atoms with Gasteiger partial charge in [0.1, 0.15) is 17.2 Å². The fourth-order valence-corrected chi connectivity index (χ4v) is 3.83. The van der Waals surface area contributed by atoms with Gasteiger partial charge >= 0.3 is 0 Å². The van der Waals surface area contributed by atoms with Gasteiger partial charge in [0.25, 0.3) is 0 Å². The molecule has 0 aliphatic rings. The minimum Gasteiger partial charge on any atom is -0.215 e. The standard InChI is InChI=1S/C12H12FN5O2S2/c13-10-3-1-9(2-4-10)7-22(19,20)15-6-5-11-17-18-8-14-16-12(18)21-11/h1-4,8,15H,5-7H2. The second-order valence-corrected chi connectivity index (χ2v) is 7.43. The Labute approximate surface area is 129 Å². The maximum atomic E-state index is 12.8. The molecule has 10 heteroatoms. The molecule has 2 aromatic heterocycles. The largest absolute Gasteiger partial charge is 0.234 e. The fourth-order valence-electron chi connectivity index (χ4n) is 1.87. The van der Waals surface area contributed by atoms with E-state index in [2.05, 4.69) is 20.0 Å². The summed E-state index contributed by atoms with van der Waals surface area (Å²) in [7, 11) is -3.46. The molecule has 116 valence electrons. The van der Waals surface area contributed by atoms with Gasteiger partial charge in [0.15, 0.2) is 0 Å². The van der Waals surface area contributed by atoms with Crippen molar-refractivity contribution in [2.24, 2.45) is 0 Å². The summed E-state index contributed by atoms with van der Waals surface area (Å²) in [5, 5.41) is 12.5. The van der Waals surface area contributed by atoms with E-state index in [1.54, 1.807) is 4.52 Å². The lowest BCUT2D eigenvalue weighted by molar-refractivity contribution is 0.580. The molecule has 22 heavy (non-hydrogen) atoms. The number of benzene rings is 1. The van der Waals surface area contributed by atoms with Gasteiger partial charge in [0.2, 0.25) is 15.0 Å². The Morgan fingerprint density at radius 3 is 2.77 bits per heavy atom. The average Bonchev–Trinajstić information content (AvgIpc) is 3.02. The van der Waals surface area contributed by atoms with Crippen LogP contribution in [0, 0.1) is 5.82 Å². The number of hydrogen-bond donors (Lipinski definition) is 1. The van der Waals surface area contributed by atoms with Gasteiger partial charge in [-0.15, -0.1) is 10.2 Å². The fraction of sp³-hybridized carbons (Fsp3) is 0.250. The first-order valence-electron chi connectivity index (χ1n) is 6.39. The second kappa shape index (κ2) is 6.07. The van der Waals surface area contributed by atoms with E-state index in [9.17, 15) is 12.8 Å². The number of fused-ring (bicyclic) bond motifs is 1. The van der Waals surface area contributed by atoms with Crippen molar-refractivity contribution in [2.45, 2.75) is 12.2 Å². The minimum absolute atomic E-state index is 0.182. The molecule has 0 saturated heterocycles. The van der Waals surface area contributed by atoms with Crippen LogP contribution in [0.25, 0.3) is 4.96 Å². The zero-order valence-corrected chi connectivity index (χ0v) is 12.9. The van der Waals surface area contributed by atoms with Gasteiger partial charge in [0, 0.05) is 13.0 Å². The van der Waals surface area contributed by atoms with Gasteiger partial charge in [-0.25, -0.2) is 17.5 Å². The predicted molar refractivity (Wildman–Crippen MR) is 79.4 cm³/mol. The van der Waals surface area contributed by atoms with Gasteiger partial charge in [-0.3, -0.25) is 0 Å². The summed E-state index contributed by atoms with van der Waals surface area (Å²) in [5.41, 5.74) is 0.535. The molecule has 1 N–H and O–H groups in total. The molecule has 1 aromatic carbocycles. The smallest absolute Gasteiger partial charge is 0.215 e. The second-order valence-electron chi connectivity index (χ2n) is 4.58. The Morgan fingerprint density at radius 2 is 2.05 bits per heavy atom. The van der Waals surface area contributed by atoms with Crippen molar-refractivity contribution >= 4 is 26.3 Å². The molecule has 0 bridgehead atoms. The van der Waals surface area contributed by atoms with Gasteiger partial charge in [-0.05, 0) is 17.7 Å². The summed E-state index contributed by atoms with van der Waals surface area (Å²) < 4.78 is 40.7. The number of sulfonamides is 1. The molecule has 7 nitrogen and oxygen atoms in total. The van der Waals surface area contributed by atoms with Gasteiger partial charge in [0.05, 0.1) is 5.75 Å². The molecular formula is C12H12FN5O2S2. The average molecular weight is 341 g/mol. The van der Waals surface area contributed by atoms with Crippen LogP contribution in [-0.4, -0.2) is 34.8 Å². The van der Waals surface area contributed by atoms with Crippen molar-refractivity contribution in [3.8, 4) is 0 Å². The first-order chi connectivity index (χ1) is 10.5. The zero-order valence-electron chi connectivity index (χ0n) is 11.3. The Hall–Kier alpha value is -1.91. The third kappa shape index (κ3) is 3.64.